The fourth-order valence-electron chi connectivity index (χ4n) is 1.38. The van der Waals surface area contributed by atoms with E-state index in [0.29, 0.717) is 11.6 Å². The minimum absolute atomic E-state index is 0.197. The molecule has 2 heterocycles. The van der Waals surface area contributed by atoms with Crippen molar-refractivity contribution in [2.45, 2.75) is 27.2 Å². The van der Waals surface area contributed by atoms with Gasteiger partial charge in [-0.15, -0.1) is 5.10 Å². The molecule has 0 aliphatic heterocycles. The maximum absolute atomic E-state index is 13.0. The van der Waals surface area contributed by atoms with E-state index in [1.54, 1.807) is 6.07 Å². The first-order valence-corrected chi connectivity index (χ1v) is 5.76. The molecular weight excluding hydrogens is 219 g/mol. The van der Waals surface area contributed by atoms with E-state index in [9.17, 15) is 4.39 Å². The highest BCUT2D eigenvalue weighted by atomic mass is 19.1. The van der Waals surface area contributed by atoms with Crippen LogP contribution in [-0.2, 0) is 0 Å². The Hall–Kier alpha value is -1.65. The van der Waals surface area contributed by atoms with Crippen LogP contribution in [0.1, 0.15) is 27.2 Å². The quantitative estimate of drug-likeness (QED) is 0.887. The fourth-order valence-corrected chi connectivity index (χ4v) is 1.38. The molecule has 4 nitrogen and oxygen atoms in total. The zero-order valence-electron chi connectivity index (χ0n) is 10.4. The lowest BCUT2D eigenvalue weighted by Gasteiger charge is -2.22. The molecule has 0 radical (unpaired) electrons. The minimum Gasteiger partial charge on any atom is -0.352 e. The van der Waals surface area contributed by atoms with Crippen LogP contribution in [0.2, 0.25) is 0 Å². The van der Waals surface area contributed by atoms with Gasteiger partial charge in [0, 0.05) is 6.54 Å². The van der Waals surface area contributed by atoms with Crippen molar-refractivity contribution >= 4 is 11.6 Å². The van der Waals surface area contributed by atoms with E-state index < -0.39 is 0 Å². The summed E-state index contributed by atoms with van der Waals surface area (Å²) in [4.78, 5) is 4.27. The van der Waals surface area contributed by atoms with Crippen molar-refractivity contribution in [1.82, 2.24) is 14.6 Å². The maximum Gasteiger partial charge on any atom is 0.243 e. The van der Waals surface area contributed by atoms with Crippen molar-refractivity contribution in [3.63, 3.8) is 0 Å². The zero-order chi connectivity index (χ0) is 12.5. The summed E-state index contributed by atoms with van der Waals surface area (Å²) in [6.45, 7) is 7.29. The molecule has 0 unspecified atom stereocenters. The van der Waals surface area contributed by atoms with Crippen LogP contribution in [-0.4, -0.2) is 21.1 Å². The normalized spacial score (nSPS) is 12.0. The molecule has 92 valence electrons. The Morgan fingerprint density at radius 2 is 2.18 bits per heavy atom. The highest BCUT2D eigenvalue weighted by Crippen LogP contribution is 2.19. The lowest BCUT2D eigenvalue weighted by Crippen LogP contribution is -2.22. The van der Waals surface area contributed by atoms with E-state index in [1.807, 2.05) is 0 Å². The first-order valence-electron chi connectivity index (χ1n) is 5.76. The lowest BCUT2D eigenvalue weighted by atomic mass is 9.90. The van der Waals surface area contributed by atoms with Crippen LogP contribution < -0.4 is 5.32 Å². The number of aromatic nitrogens is 3. The second-order valence-corrected chi connectivity index (χ2v) is 4.96. The number of pyridine rings is 1. The standard InChI is InChI=1S/C12H17FN4/c1-4-12(2,3)8-14-11-15-10-6-5-9(13)7-17(10)16-11/h5-7H,4,8H2,1-3H3,(H,14,16). The number of hydrogen-bond donors (Lipinski definition) is 1. The van der Waals surface area contributed by atoms with E-state index in [0.717, 1.165) is 13.0 Å². The summed E-state index contributed by atoms with van der Waals surface area (Å²) in [6.07, 6.45) is 2.39. The van der Waals surface area contributed by atoms with Gasteiger partial charge in [0.05, 0.1) is 6.20 Å². The van der Waals surface area contributed by atoms with Crippen molar-refractivity contribution in [3.8, 4) is 0 Å². The molecule has 0 saturated carbocycles. The van der Waals surface area contributed by atoms with Crippen LogP contribution in [0.5, 0.6) is 0 Å². The van der Waals surface area contributed by atoms with Crippen LogP contribution in [0.3, 0.4) is 0 Å². The van der Waals surface area contributed by atoms with E-state index >= 15 is 0 Å². The van der Waals surface area contributed by atoms with Gasteiger partial charge in [-0.1, -0.05) is 20.8 Å². The van der Waals surface area contributed by atoms with Gasteiger partial charge in [-0.05, 0) is 24.0 Å². The number of anilines is 1. The van der Waals surface area contributed by atoms with Crippen molar-refractivity contribution in [2.75, 3.05) is 11.9 Å². The van der Waals surface area contributed by atoms with Crippen LogP contribution in [0.15, 0.2) is 18.3 Å². The second-order valence-electron chi connectivity index (χ2n) is 4.96. The van der Waals surface area contributed by atoms with Gasteiger partial charge in [-0.2, -0.15) is 4.98 Å². The maximum atomic E-state index is 13.0. The first kappa shape index (κ1) is 11.8. The SMILES string of the molecule is CCC(C)(C)CNc1nc2ccc(F)cn2n1. The highest BCUT2D eigenvalue weighted by molar-refractivity contribution is 5.43. The largest absolute Gasteiger partial charge is 0.352 e. The third kappa shape index (κ3) is 2.72. The molecule has 0 fully saturated rings. The van der Waals surface area contributed by atoms with Gasteiger partial charge in [0.25, 0.3) is 0 Å². The van der Waals surface area contributed by atoms with Gasteiger partial charge < -0.3 is 5.32 Å². The summed E-state index contributed by atoms with van der Waals surface area (Å²) in [5, 5.41) is 7.34. The molecule has 0 aliphatic carbocycles. The van der Waals surface area contributed by atoms with E-state index in [2.05, 4.69) is 36.2 Å². The molecule has 17 heavy (non-hydrogen) atoms. The molecule has 1 N–H and O–H groups in total. The summed E-state index contributed by atoms with van der Waals surface area (Å²) in [5.74, 6) is 0.222. The summed E-state index contributed by atoms with van der Waals surface area (Å²) in [5.41, 5.74) is 0.839. The van der Waals surface area contributed by atoms with E-state index in [4.69, 9.17) is 0 Å². The number of halogens is 1. The van der Waals surface area contributed by atoms with Gasteiger partial charge in [0.1, 0.15) is 5.82 Å². The van der Waals surface area contributed by atoms with E-state index in [-0.39, 0.29) is 11.2 Å². The fraction of sp³-hybridized carbons (Fsp3) is 0.500. The molecule has 0 saturated heterocycles. The molecule has 2 rings (SSSR count). The number of rotatable bonds is 4. The molecule has 0 atom stereocenters. The summed E-state index contributed by atoms with van der Waals surface area (Å²) >= 11 is 0. The average molecular weight is 236 g/mol. The Morgan fingerprint density at radius 3 is 2.88 bits per heavy atom. The molecule has 0 bridgehead atoms. The van der Waals surface area contributed by atoms with Crippen LogP contribution in [0.4, 0.5) is 10.3 Å². The predicted octanol–water partition coefficient (Wildman–Crippen LogP) is 2.72. The molecule has 0 amide bonds. The molecule has 2 aromatic rings. The van der Waals surface area contributed by atoms with E-state index in [1.165, 1.54) is 16.8 Å². The third-order valence-corrected chi connectivity index (χ3v) is 2.98. The highest BCUT2D eigenvalue weighted by Gasteiger charge is 2.15. The number of hydrogen-bond acceptors (Lipinski definition) is 3. The van der Waals surface area contributed by atoms with Crippen molar-refractivity contribution in [1.29, 1.82) is 0 Å². The topological polar surface area (TPSA) is 42.2 Å². The third-order valence-electron chi connectivity index (χ3n) is 2.98. The first-order chi connectivity index (χ1) is 8.00. The molecule has 5 heteroatoms. The number of nitrogens with zero attached hydrogens (tertiary/aromatic N) is 3. The van der Waals surface area contributed by atoms with Crippen molar-refractivity contribution in [3.05, 3.63) is 24.1 Å². The molecule has 0 aliphatic rings. The molecule has 0 spiro atoms. The molecular formula is C12H17FN4. The summed E-state index contributed by atoms with van der Waals surface area (Å²) in [6, 6.07) is 2.99. The molecule has 2 aromatic heterocycles. The van der Waals surface area contributed by atoms with Crippen LogP contribution >= 0.6 is 0 Å². The van der Waals surface area contributed by atoms with Gasteiger partial charge in [-0.3, -0.25) is 0 Å². The summed E-state index contributed by atoms with van der Waals surface area (Å²) in [7, 11) is 0. The van der Waals surface area contributed by atoms with Crippen molar-refractivity contribution in [2.24, 2.45) is 5.41 Å². The van der Waals surface area contributed by atoms with Crippen molar-refractivity contribution < 1.29 is 4.39 Å². The number of fused-ring (bicyclic) bond motifs is 1. The second kappa shape index (κ2) is 4.31. The summed E-state index contributed by atoms with van der Waals surface area (Å²) < 4.78 is 14.4. The monoisotopic (exact) mass is 236 g/mol. The number of nitrogens with one attached hydrogen (secondary N) is 1. The minimum atomic E-state index is -0.317. The Balaban J connectivity index is 2.15. The van der Waals surface area contributed by atoms with Gasteiger partial charge >= 0.3 is 0 Å². The van der Waals surface area contributed by atoms with Gasteiger partial charge in [-0.25, -0.2) is 8.91 Å². The Bertz CT molecular complexity index is 518. The Kier molecular flexibility index (Phi) is 3.00. The van der Waals surface area contributed by atoms with Gasteiger partial charge in [0.15, 0.2) is 5.65 Å². The van der Waals surface area contributed by atoms with Crippen LogP contribution in [0.25, 0.3) is 5.65 Å². The average Bonchev–Trinajstić information content (AvgIpc) is 2.68. The lowest BCUT2D eigenvalue weighted by molar-refractivity contribution is 0.376. The Morgan fingerprint density at radius 1 is 1.41 bits per heavy atom. The van der Waals surface area contributed by atoms with Crippen LogP contribution in [0, 0.1) is 11.2 Å². The smallest absolute Gasteiger partial charge is 0.243 e. The zero-order valence-corrected chi connectivity index (χ0v) is 10.4. The Labute approximate surface area is 99.9 Å². The predicted molar refractivity (Wildman–Crippen MR) is 65.5 cm³/mol. The molecule has 0 aromatic carbocycles. The van der Waals surface area contributed by atoms with Gasteiger partial charge in [0.2, 0.25) is 5.95 Å².